The van der Waals surface area contributed by atoms with E-state index in [2.05, 4.69) is 0 Å². The van der Waals surface area contributed by atoms with Gasteiger partial charge in [-0.2, -0.15) is 0 Å². The summed E-state index contributed by atoms with van der Waals surface area (Å²) in [6.07, 6.45) is 0. The van der Waals surface area contributed by atoms with Crippen LogP contribution in [0.3, 0.4) is 0 Å². The average Bonchev–Trinajstić information content (AvgIpc) is 2.40. The Morgan fingerprint density at radius 2 is 1.90 bits per heavy atom. The minimum Gasteiger partial charge on any atom is -0.398 e. The first-order chi connectivity index (χ1) is 9.45. The Bertz CT molecular complexity index is 629. The van der Waals surface area contributed by atoms with Crippen molar-refractivity contribution in [2.45, 2.75) is 6.54 Å². The third-order valence-electron chi connectivity index (χ3n) is 2.91. The van der Waals surface area contributed by atoms with E-state index >= 15 is 0 Å². The predicted octanol–water partition coefficient (Wildman–Crippen LogP) is 2.95. The van der Waals surface area contributed by atoms with Gasteiger partial charge in [0.1, 0.15) is 5.82 Å². The second-order valence-electron chi connectivity index (χ2n) is 4.52. The molecule has 0 atom stereocenters. The summed E-state index contributed by atoms with van der Waals surface area (Å²) >= 11 is 0. The number of nitrogens with zero attached hydrogens (tertiary/aromatic N) is 2. The molecule has 0 aliphatic rings. The van der Waals surface area contributed by atoms with E-state index < -0.39 is 4.92 Å². The zero-order valence-electron chi connectivity index (χ0n) is 10.9. The summed E-state index contributed by atoms with van der Waals surface area (Å²) in [6.45, 7) is 0.501. The highest BCUT2D eigenvalue weighted by Gasteiger charge is 2.11. The Morgan fingerprint density at radius 3 is 2.50 bits per heavy atom. The number of nitro benzene ring substituents is 1. The molecule has 0 saturated carbocycles. The SMILES string of the molecule is CN(Cc1ccc(F)cc1)c1cc(N)cc([N+](=O)[O-])c1. The van der Waals surface area contributed by atoms with E-state index in [4.69, 9.17) is 5.73 Å². The molecule has 0 aliphatic carbocycles. The molecule has 0 bridgehead atoms. The fraction of sp³-hybridized carbons (Fsp3) is 0.143. The number of non-ortho nitro benzene ring substituents is 1. The first-order valence-corrected chi connectivity index (χ1v) is 5.96. The number of rotatable bonds is 4. The monoisotopic (exact) mass is 275 g/mol. The van der Waals surface area contributed by atoms with Crippen LogP contribution < -0.4 is 10.6 Å². The molecule has 2 aromatic rings. The molecule has 0 fully saturated rings. The minimum absolute atomic E-state index is 0.0500. The molecule has 2 aromatic carbocycles. The molecule has 0 aromatic heterocycles. The number of benzene rings is 2. The van der Waals surface area contributed by atoms with Gasteiger partial charge in [-0.3, -0.25) is 10.1 Å². The topological polar surface area (TPSA) is 72.4 Å². The molecular formula is C14H14FN3O2. The number of nitrogens with two attached hydrogens (primary N) is 1. The smallest absolute Gasteiger partial charge is 0.273 e. The summed E-state index contributed by atoms with van der Waals surface area (Å²) in [4.78, 5) is 12.1. The molecule has 0 amide bonds. The van der Waals surface area contributed by atoms with Crippen molar-refractivity contribution in [2.24, 2.45) is 0 Å². The molecule has 0 aliphatic heterocycles. The molecule has 20 heavy (non-hydrogen) atoms. The van der Waals surface area contributed by atoms with Crippen molar-refractivity contribution in [3.05, 3.63) is 64.0 Å². The zero-order valence-corrected chi connectivity index (χ0v) is 10.9. The lowest BCUT2D eigenvalue weighted by Crippen LogP contribution is -2.16. The van der Waals surface area contributed by atoms with Gasteiger partial charge < -0.3 is 10.6 Å². The molecule has 2 N–H and O–H groups in total. The van der Waals surface area contributed by atoms with Crippen LogP contribution in [-0.2, 0) is 6.54 Å². The highest BCUT2D eigenvalue weighted by Crippen LogP contribution is 2.25. The quantitative estimate of drug-likeness (QED) is 0.529. The van der Waals surface area contributed by atoms with Gasteiger partial charge in [-0.25, -0.2) is 4.39 Å². The fourth-order valence-electron chi connectivity index (χ4n) is 1.90. The lowest BCUT2D eigenvalue weighted by Gasteiger charge is -2.19. The van der Waals surface area contributed by atoms with Gasteiger partial charge in [0.2, 0.25) is 0 Å². The lowest BCUT2D eigenvalue weighted by molar-refractivity contribution is -0.384. The summed E-state index contributed by atoms with van der Waals surface area (Å²) in [5.74, 6) is -0.295. The van der Waals surface area contributed by atoms with Crippen molar-refractivity contribution >= 4 is 17.1 Å². The molecular weight excluding hydrogens is 261 g/mol. The fourth-order valence-corrected chi connectivity index (χ4v) is 1.90. The van der Waals surface area contributed by atoms with Gasteiger partial charge in [-0.15, -0.1) is 0 Å². The van der Waals surface area contributed by atoms with Gasteiger partial charge in [0, 0.05) is 37.1 Å². The van der Waals surface area contributed by atoms with E-state index in [0.717, 1.165) is 5.56 Å². The molecule has 0 radical (unpaired) electrons. The Balaban J connectivity index is 2.22. The lowest BCUT2D eigenvalue weighted by atomic mass is 10.2. The van der Waals surface area contributed by atoms with Crippen LogP contribution in [-0.4, -0.2) is 12.0 Å². The van der Waals surface area contributed by atoms with Crippen LogP contribution in [0.15, 0.2) is 42.5 Å². The molecule has 0 spiro atoms. The Kier molecular flexibility index (Phi) is 3.84. The number of nitrogen functional groups attached to an aromatic ring is 1. The maximum Gasteiger partial charge on any atom is 0.273 e. The van der Waals surface area contributed by atoms with Crippen LogP contribution in [0.1, 0.15) is 5.56 Å². The first-order valence-electron chi connectivity index (χ1n) is 5.96. The van der Waals surface area contributed by atoms with Crippen molar-refractivity contribution < 1.29 is 9.31 Å². The second kappa shape index (κ2) is 5.56. The zero-order chi connectivity index (χ0) is 14.7. The predicted molar refractivity (Wildman–Crippen MR) is 76.0 cm³/mol. The summed E-state index contributed by atoms with van der Waals surface area (Å²) in [6, 6.07) is 10.5. The molecule has 0 saturated heterocycles. The molecule has 0 heterocycles. The maximum absolute atomic E-state index is 12.8. The summed E-state index contributed by atoms with van der Waals surface area (Å²) in [7, 11) is 1.79. The molecule has 2 rings (SSSR count). The third-order valence-corrected chi connectivity index (χ3v) is 2.91. The van der Waals surface area contributed by atoms with Crippen molar-refractivity contribution in [3.8, 4) is 0 Å². The maximum atomic E-state index is 12.8. The Morgan fingerprint density at radius 1 is 1.25 bits per heavy atom. The highest BCUT2D eigenvalue weighted by atomic mass is 19.1. The standard InChI is InChI=1S/C14H14FN3O2/c1-17(9-10-2-4-11(15)5-3-10)13-6-12(16)7-14(8-13)18(19)20/h2-8H,9,16H2,1H3. The first kappa shape index (κ1) is 13.8. The highest BCUT2D eigenvalue weighted by molar-refractivity contribution is 5.62. The average molecular weight is 275 g/mol. The van der Waals surface area contributed by atoms with Gasteiger partial charge in [0.05, 0.1) is 4.92 Å². The van der Waals surface area contributed by atoms with E-state index in [1.807, 2.05) is 4.90 Å². The Hall–Kier alpha value is -2.63. The van der Waals surface area contributed by atoms with E-state index in [0.29, 0.717) is 17.9 Å². The van der Waals surface area contributed by atoms with E-state index in [1.54, 1.807) is 25.2 Å². The number of anilines is 2. The van der Waals surface area contributed by atoms with E-state index in [9.17, 15) is 14.5 Å². The van der Waals surface area contributed by atoms with Crippen LogP contribution in [0.4, 0.5) is 21.5 Å². The van der Waals surface area contributed by atoms with Crippen molar-refractivity contribution in [1.82, 2.24) is 0 Å². The molecule has 6 heteroatoms. The van der Waals surface area contributed by atoms with Crippen LogP contribution in [0, 0.1) is 15.9 Å². The summed E-state index contributed by atoms with van der Waals surface area (Å²) in [5.41, 5.74) is 7.49. The Labute approximate surface area is 115 Å². The number of nitro groups is 1. The van der Waals surface area contributed by atoms with E-state index in [1.165, 1.54) is 24.3 Å². The largest absolute Gasteiger partial charge is 0.398 e. The van der Waals surface area contributed by atoms with Gasteiger partial charge >= 0.3 is 0 Å². The summed E-state index contributed by atoms with van der Waals surface area (Å²) in [5, 5.41) is 10.8. The van der Waals surface area contributed by atoms with Gasteiger partial charge in [-0.05, 0) is 23.8 Å². The second-order valence-corrected chi connectivity index (χ2v) is 4.52. The van der Waals surface area contributed by atoms with Gasteiger partial charge in [-0.1, -0.05) is 12.1 Å². The van der Waals surface area contributed by atoms with Crippen LogP contribution >= 0.6 is 0 Å². The van der Waals surface area contributed by atoms with Crippen LogP contribution in [0.2, 0.25) is 0 Å². The molecule has 0 unspecified atom stereocenters. The normalized spacial score (nSPS) is 10.3. The van der Waals surface area contributed by atoms with E-state index in [-0.39, 0.29) is 11.5 Å². The number of hydrogen-bond donors (Lipinski definition) is 1. The van der Waals surface area contributed by atoms with Gasteiger partial charge in [0.15, 0.2) is 0 Å². The minimum atomic E-state index is -0.481. The van der Waals surface area contributed by atoms with Crippen molar-refractivity contribution in [1.29, 1.82) is 0 Å². The third kappa shape index (κ3) is 3.23. The van der Waals surface area contributed by atoms with Gasteiger partial charge in [0.25, 0.3) is 5.69 Å². The van der Waals surface area contributed by atoms with Crippen LogP contribution in [0.5, 0.6) is 0 Å². The number of halogens is 1. The van der Waals surface area contributed by atoms with Crippen LogP contribution in [0.25, 0.3) is 0 Å². The number of hydrogen-bond acceptors (Lipinski definition) is 4. The molecule has 5 nitrogen and oxygen atoms in total. The van der Waals surface area contributed by atoms with Crippen molar-refractivity contribution in [3.63, 3.8) is 0 Å². The summed E-state index contributed by atoms with van der Waals surface area (Å²) < 4.78 is 12.8. The molecule has 104 valence electrons. The van der Waals surface area contributed by atoms with Crippen molar-refractivity contribution in [2.75, 3.05) is 17.7 Å².